The van der Waals surface area contributed by atoms with Crippen molar-refractivity contribution in [2.75, 3.05) is 19.6 Å². The third kappa shape index (κ3) is 4.97. The molecule has 2 aromatic carbocycles. The Bertz CT molecular complexity index is 827. The minimum Gasteiger partial charge on any atom is -0.342 e. The zero-order valence-corrected chi connectivity index (χ0v) is 17.2. The Morgan fingerprint density at radius 1 is 1.14 bits per heavy atom. The van der Waals surface area contributed by atoms with Gasteiger partial charge in [-0.05, 0) is 60.6 Å². The second-order valence-corrected chi connectivity index (χ2v) is 8.51. The summed E-state index contributed by atoms with van der Waals surface area (Å²) in [6.07, 6.45) is 3.37. The van der Waals surface area contributed by atoms with Crippen LogP contribution in [-0.4, -0.2) is 36.5 Å². The number of rotatable bonds is 5. The molecule has 0 saturated carbocycles. The topological polar surface area (TPSA) is 44.4 Å². The average molecular weight is 416 g/mol. The predicted molar refractivity (Wildman–Crippen MR) is 113 cm³/mol. The molecule has 1 amide bonds. The molecule has 0 aromatic heterocycles. The van der Waals surface area contributed by atoms with Crippen LogP contribution >= 0.6 is 11.6 Å². The molecule has 2 aliphatic rings. The van der Waals surface area contributed by atoms with Gasteiger partial charge in [0.05, 0.1) is 0 Å². The number of hydrazine groups is 1. The molecular weight excluding hydrogens is 389 g/mol. The highest BCUT2D eigenvalue weighted by Crippen LogP contribution is 2.32. The molecule has 2 aromatic rings. The lowest BCUT2D eigenvalue weighted by molar-refractivity contribution is -0.133. The average Bonchev–Trinajstić information content (AvgIpc) is 3.24. The zero-order chi connectivity index (χ0) is 20.2. The first-order valence-electron chi connectivity index (χ1n) is 10.4. The van der Waals surface area contributed by atoms with E-state index in [4.69, 9.17) is 11.6 Å². The van der Waals surface area contributed by atoms with Crippen molar-refractivity contribution < 1.29 is 9.18 Å². The number of benzene rings is 2. The molecule has 0 aliphatic carbocycles. The Balaban J connectivity index is 1.36. The van der Waals surface area contributed by atoms with Gasteiger partial charge < -0.3 is 4.90 Å². The molecule has 2 aliphatic heterocycles. The quantitative estimate of drug-likeness (QED) is 0.778. The van der Waals surface area contributed by atoms with E-state index in [1.54, 1.807) is 0 Å². The van der Waals surface area contributed by atoms with Gasteiger partial charge in [0.25, 0.3) is 0 Å². The third-order valence-electron chi connectivity index (χ3n) is 6.18. The summed E-state index contributed by atoms with van der Waals surface area (Å²) in [7, 11) is 0. The van der Waals surface area contributed by atoms with E-state index < -0.39 is 0 Å². The molecular formula is C23H27ClFN3O. The highest BCUT2D eigenvalue weighted by molar-refractivity contribution is 6.30. The van der Waals surface area contributed by atoms with Gasteiger partial charge in [0.15, 0.2) is 0 Å². The predicted octanol–water partition coefficient (Wildman–Crippen LogP) is 3.91. The summed E-state index contributed by atoms with van der Waals surface area (Å²) >= 11 is 5.93. The summed E-state index contributed by atoms with van der Waals surface area (Å²) in [5.74, 6) is 0.672. The number of carbonyl (C=O) groups excluding carboxylic acids is 1. The van der Waals surface area contributed by atoms with Crippen molar-refractivity contribution in [2.24, 2.45) is 5.92 Å². The second kappa shape index (κ2) is 9.24. The van der Waals surface area contributed by atoms with E-state index in [2.05, 4.69) is 10.9 Å². The fourth-order valence-electron chi connectivity index (χ4n) is 4.59. The Hall–Kier alpha value is -1.95. The van der Waals surface area contributed by atoms with Crippen LogP contribution in [0.5, 0.6) is 0 Å². The van der Waals surface area contributed by atoms with Crippen LogP contribution in [0.3, 0.4) is 0 Å². The van der Waals surface area contributed by atoms with Crippen molar-refractivity contribution in [2.45, 2.75) is 37.6 Å². The molecule has 3 unspecified atom stereocenters. The van der Waals surface area contributed by atoms with E-state index in [-0.39, 0.29) is 23.7 Å². The minimum absolute atomic E-state index is 0.209. The van der Waals surface area contributed by atoms with E-state index in [1.807, 2.05) is 41.3 Å². The van der Waals surface area contributed by atoms with Crippen molar-refractivity contribution in [1.29, 1.82) is 0 Å². The summed E-state index contributed by atoms with van der Waals surface area (Å²) in [5, 5.41) is 0.715. The first-order valence-corrected chi connectivity index (χ1v) is 10.7. The van der Waals surface area contributed by atoms with Crippen molar-refractivity contribution in [3.05, 3.63) is 70.5 Å². The Kier molecular flexibility index (Phi) is 6.48. The monoisotopic (exact) mass is 415 g/mol. The van der Waals surface area contributed by atoms with Gasteiger partial charge in [0.1, 0.15) is 5.82 Å². The van der Waals surface area contributed by atoms with Gasteiger partial charge in [0.2, 0.25) is 5.91 Å². The number of aryl methyl sites for hydroxylation is 1. The minimum atomic E-state index is -0.209. The normalized spacial score (nSPS) is 24.6. The number of likely N-dealkylation sites (tertiary alicyclic amines) is 1. The number of hydrogen-bond donors (Lipinski definition) is 2. The van der Waals surface area contributed by atoms with Gasteiger partial charge >= 0.3 is 0 Å². The summed E-state index contributed by atoms with van der Waals surface area (Å²) in [4.78, 5) is 14.8. The lowest BCUT2D eigenvalue weighted by Crippen LogP contribution is -2.48. The molecule has 6 heteroatoms. The highest BCUT2D eigenvalue weighted by Gasteiger charge is 2.37. The standard InChI is InChI=1S/C23H27ClFN3O/c24-19-8-3-16(4-9-19)5-12-22(29)28-13-1-2-18(15-28)23-21(14-26-27-23)17-6-10-20(25)11-7-17/h3-4,6-11,18,21,23,26-27H,1-2,5,12-15H2. The van der Waals surface area contributed by atoms with Crippen molar-refractivity contribution >= 4 is 17.5 Å². The zero-order valence-electron chi connectivity index (χ0n) is 16.4. The number of nitrogens with one attached hydrogen (secondary N) is 2. The second-order valence-electron chi connectivity index (χ2n) is 8.08. The molecule has 154 valence electrons. The summed E-state index contributed by atoms with van der Waals surface area (Å²) in [6.45, 7) is 2.42. The third-order valence-corrected chi connectivity index (χ3v) is 6.43. The van der Waals surface area contributed by atoms with E-state index >= 15 is 0 Å². The first-order chi connectivity index (χ1) is 14.1. The van der Waals surface area contributed by atoms with Gasteiger partial charge in [-0.15, -0.1) is 0 Å². The molecule has 4 rings (SSSR count). The van der Waals surface area contributed by atoms with Crippen molar-refractivity contribution in [3.8, 4) is 0 Å². The van der Waals surface area contributed by atoms with E-state index in [0.29, 0.717) is 17.4 Å². The van der Waals surface area contributed by atoms with Crippen LogP contribution in [0.2, 0.25) is 5.02 Å². The van der Waals surface area contributed by atoms with E-state index in [9.17, 15) is 9.18 Å². The fourth-order valence-corrected chi connectivity index (χ4v) is 4.71. The smallest absolute Gasteiger partial charge is 0.222 e. The highest BCUT2D eigenvalue weighted by atomic mass is 35.5. The summed E-state index contributed by atoms with van der Waals surface area (Å²) < 4.78 is 13.3. The lowest BCUT2D eigenvalue weighted by Gasteiger charge is -2.37. The molecule has 2 heterocycles. The molecule has 29 heavy (non-hydrogen) atoms. The Labute approximate surface area is 176 Å². The molecule has 0 bridgehead atoms. The van der Waals surface area contributed by atoms with Gasteiger partial charge in [-0.1, -0.05) is 35.9 Å². The fraction of sp³-hybridized carbons (Fsp3) is 0.435. The SMILES string of the molecule is O=C(CCc1ccc(Cl)cc1)N1CCCC(C2NNCC2c2ccc(F)cc2)C1. The molecule has 4 nitrogen and oxygen atoms in total. The van der Waals surface area contributed by atoms with Gasteiger partial charge in [-0.25, -0.2) is 4.39 Å². The van der Waals surface area contributed by atoms with Gasteiger partial charge in [0, 0.05) is 43.0 Å². The summed E-state index contributed by atoms with van der Waals surface area (Å²) in [6, 6.07) is 14.7. The largest absolute Gasteiger partial charge is 0.342 e. The molecule has 0 spiro atoms. The van der Waals surface area contributed by atoms with Crippen LogP contribution in [0.1, 0.15) is 36.3 Å². The van der Waals surface area contributed by atoms with Gasteiger partial charge in [-0.3, -0.25) is 15.6 Å². The summed E-state index contributed by atoms with van der Waals surface area (Å²) in [5.41, 5.74) is 8.96. The Morgan fingerprint density at radius 3 is 2.66 bits per heavy atom. The number of amides is 1. The van der Waals surface area contributed by atoms with E-state index in [0.717, 1.165) is 50.0 Å². The molecule has 0 radical (unpaired) electrons. The van der Waals surface area contributed by atoms with Gasteiger partial charge in [-0.2, -0.15) is 0 Å². The van der Waals surface area contributed by atoms with E-state index in [1.165, 1.54) is 12.1 Å². The Morgan fingerprint density at radius 2 is 1.90 bits per heavy atom. The lowest BCUT2D eigenvalue weighted by atomic mass is 9.81. The number of piperidine rings is 1. The molecule has 2 fully saturated rings. The molecule has 2 N–H and O–H groups in total. The van der Waals surface area contributed by atoms with Crippen molar-refractivity contribution in [3.63, 3.8) is 0 Å². The van der Waals surface area contributed by atoms with Crippen LogP contribution < -0.4 is 10.9 Å². The first kappa shape index (κ1) is 20.3. The number of halogens is 2. The van der Waals surface area contributed by atoms with Crippen LogP contribution in [0.15, 0.2) is 48.5 Å². The van der Waals surface area contributed by atoms with Crippen LogP contribution in [0.4, 0.5) is 4.39 Å². The van der Waals surface area contributed by atoms with Crippen LogP contribution in [0.25, 0.3) is 0 Å². The molecule has 3 atom stereocenters. The maximum atomic E-state index is 13.3. The maximum Gasteiger partial charge on any atom is 0.222 e. The number of carbonyl (C=O) groups is 1. The number of hydrogen-bond acceptors (Lipinski definition) is 3. The number of nitrogens with zero attached hydrogens (tertiary/aromatic N) is 1. The van der Waals surface area contributed by atoms with Crippen LogP contribution in [-0.2, 0) is 11.2 Å². The van der Waals surface area contributed by atoms with Crippen LogP contribution in [0, 0.1) is 11.7 Å². The molecule has 2 saturated heterocycles. The maximum absolute atomic E-state index is 13.3. The van der Waals surface area contributed by atoms with Crippen molar-refractivity contribution in [1.82, 2.24) is 15.8 Å².